The number of rotatable bonds is 5. The largest absolute Gasteiger partial charge is 0.481 e. The van der Waals surface area contributed by atoms with E-state index in [1.54, 1.807) is 19.1 Å². The molecule has 2 aliphatic heterocycles. The summed E-state index contributed by atoms with van der Waals surface area (Å²) in [5.41, 5.74) is 4.19. The summed E-state index contributed by atoms with van der Waals surface area (Å²) in [7, 11) is 0. The highest BCUT2D eigenvalue weighted by Crippen LogP contribution is 2.34. The minimum Gasteiger partial charge on any atom is -0.481 e. The van der Waals surface area contributed by atoms with Crippen LogP contribution in [-0.2, 0) is 22.7 Å². The van der Waals surface area contributed by atoms with Crippen molar-refractivity contribution in [3.8, 4) is 28.4 Å². The average molecular weight is 461 g/mol. The lowest BCUT2D eigenvalue weighted by atomic mass is 9.95. The maximum Gasteiger partial charge on any atom is 0.413 e. The van der Waals surface area contributed by atoms with Crippen LogP contribution in [0, 0.1) is 0 Å². The van der Waals surface area contributed by atoms with E-state index in [9.17, 15) is 14.7 Å². The third-order valence-corrected chi connectivity index (χ3v) is 5.95. The van der Waals surface area contributed by atoms with Crippen molar-refractivity contribution < 1.29 is 33.6 Å². The maximum absolute atomic E-state index is 12.7. The minimum atomic E-state index is -0.870. The quantitative estimate of drug-likeness (QED) is 0.585. The molecule has 1 N–H and O–H groups in total. The fourth-order valence-electron chi connectivity index (χ4n) is 3.94. The number of amides is 1. The van der Waals surface area contributed by atoms with Crippen LogP contribution in [0.1, 0.15) is 29.5 Å². The number of carboxylic acid groups (broad SMARTS) is 1. The van der Waals surface area contributed by atoms with E-state index in [2.05, 4.69) is 0 Å². The normalized spacial score (nSPS) is 14.7. The highest BCUT2D eigenvalue weighted by molar-refractivity contribution is 5.77. The standard InChI is InChI=1S/C26H23NO7/c1-16(25(28)29)18-3-2-4-19(10-18)20-6-8-22-21(11-20)12-27(14-32-22)26(30)31-13-17-5-7-23-24(9-17)34-15-33-23/h2-11,16H,12-15H2,1H3,(H,28,29). The van der Waals surface area contributed by atoms with Gasteiger partial charge < -0.3 is 24.1 Å². The van der Waals surface area contributed by atoms with E-state index < -0.39 is 18.0 Å². The van der Waals surface area contributed by atoms with E-state index in [1.165, 1.54) is 4.90 Å². The lowest BCUT2D eigenvalue weighted by molar-refractivity contribution is -0.138. The number of aliphatic carboxylic acids is 1. The summed E-state index contributed by atoms with van der Waals surface area (Å²) in [6.07, 6.45) is -0.481. The highest BCUT2D eigenvalue weighted by atomic mass is 16.7. The zero-order valence-corrected chi connectivity index (χ0v) is 18.5. The van der Waals surface area contributed by atoms with E-state index >= 15 is 0 Å². The van der Waals surface area contributed by atoms with Crippen LogP contribution in [0.5, 0.6) is 17.2 Å². The molecular formula is C26H23NO7. The summed E-state index contributed by atoms with van der Waals surface area (Å²) >= 11 is 0. The number of carboxylic acids is 1. The fraction of sp³-hybridized carbons (Fsp3) is 0.231. The summed E-state index contributed by atoms with van der Waals surface area (Å²) < 4.78 is 21.9. The number of carbonyl (C=O) groups is 2. The van der Waals surface area contributed by atoms with Crippen LogP contribution < -0.4 is 14.2 Å². The van der Waals surface area contributed by atoms with Gasteiger partial charge in [0.1, 0.15) is 12.4 Å². The van der Waals surface area contributed by atoms with Crippen LogP contribution in [0.25, 0.3) is 11.1 Å². The Kier molecular flexibility index (Phi) is 5.71. The smallest absolute Gasteiger partial charge is 0.413 e. The van der Waals surface area contributed by atoms with Crippen LogP contribution in [0.3, 0.4) is 0 Å². The zero-order valence-electron chi connectivity index (χ0n) is 18.5. The molecule has 174 valence electrons. The van der Waals surface area contributed by atoms with Crippen LogP contribution in [0.4, 0.5) is 4.79 Å². The molecule has 0 aromatic heterocycles. The van der Waals surface area contributed by atoms with Crippen molar-refractivity contribution in [2.75, 3.05) is 13.5 Å². The number of hydrogen-bond donors (Lipinski definition) is 1. The van der Waals surface area contributed by atoms with Crippen molar-refractivity contribution in [2.45, 2.75) is 26.0 Å². The van der Waals surface area contributed by atoms with Gasteiger partial charge in [-0.1, -0.05) is 36.4 Å². The molecule has 8 heteroatoms. The Hall–Kier alpha value is -4.20. The summed E-state index contributed by atoms with van der Waals surface area (Å²) in [5.74, 6) is 0.549. The summed E-state index contributed by atoms with van der Waals surface area (Å²) in [6, 6.07) is 18.6. The van der Waals surface area contributed by atoms with Gasteiger partial charge >= 0.3 is 12.1 Å². The molecule has 0 saturated carbocycles. The third-order valence-electron chi connectivity index (χ3n) is 5.95. The van der Waals surface area contributed by atoms with Crippen molar-refractivity contribution in [3.05, 3.63) is 77.4 Å². The van der Waals surface area contributed by atoms with E-state index in [-0.39, 0.29) is 20.1 Å². The second-order valence-electron chi connectivity index (χ2n) is 8.22. The first-order chi connectivity index (χ1) is 16.5. The minimum absolute atomic E-state index is 0.0952. The predicted octanol–water partition coefficient (Wildman–Crippen LogP) is 4.76. The number of benzene rings is 3. The first kappa shape index (κ1) is 21.6. The SMILES string of the molecule is CC(C(=O)O)c1cccc(-c2ccc3c(c2)CN(C(=O)OCc2ccc4c(c2)OCO4)CO3)c1. The van der Waals surface area contributed by atoms with Gasteiger partial charge in [-0.05, 0) is 53.4 Å². The Labute approximate surface area is 196 Å². The molecule has 0 fully saturated rings. The lowest BCUT2D eigenvalue weighted by Gasteiger charge is -2.28. The molecule has 0 spiro atoms. The molecule has 0 bridgehead atoms. The van der Waals surface area contributed by atoms with Gasteiger partial charge in [0.05, 0.1) is 12.5 Å². The molecule has 1 amide bonds. The second-order valence-corrected chi connectivity index (χ2v) is 8.22. The molecule has 2 heterocycles. The number of hydrogen-bond acceptors (Lipinski definition) is 6. The molecule has 0 radical (unpaired) electrons. The van der Waals surface area contributed by atoms with Crippen molar-refractivity contribution in [3.63, 3.8) is 0 Å². The van der Waals surface area contributed by atoms with Crippen LogP contribution in [0.15, 0.2) is 60.7 Å². The monoisotopic (exact) mass is 461 g/mol. The van der Waals surface area contributed by atoms with Gasteiger partial charge in [-0.2, -0.15) is 0 Å². The Morgan fingerprint density at radius 1 is 0.971 bits per heavy atom. The van der Waals surface area contributed by atoms with E-state index in [0.717, 1.165) is 27.8 Å². The zero-order chi connectivity index (χ0) is 23.7. The number of fused-ring (bicyclic) bond motifs is 2. The van der Waals surface area contributed by atoms with Gasteiger partial charge in [0, 0.05) is 5.56 Å². The van der Waals surface area contributed by atoms with Gasteiger partial charge in [-0.15, -0.1) is 0 Å². The molecule has 5 rings (SSSR count). The maximum atomic E-state index is 12.7. The molecule has 2 aliphatic rings. The van der Waals surface area contributed by atoms with Crippen LogP contribution in [-0.4, -0.2) is 35.6 Å². The fourth-order valence-corrected chi connectivity index (χ4v) is 3.94. The Morgan fingerprint density at radius 2 is 1.76 bits per heavy atom. The van der Waals surface area contributed by atoms with Crippen molar-refractivity contribution in [1.82, 2.24) is 4.90 Å². The number of nitrogens with zero attached hydrogens (tertiary/aromatic N) is 1. The van der Waals surface area contributed by atoms with Crippen molar-refractivity contribution in [2.24, 2.45) is 0 Å². The van der Waals surface area contributed by atoms with Gasteiger partial charge in [0.25, 0.3) is 0 Å². The highest BCUT2D eigenvalue weighted by Gasteiger charge is 2.24. The first-order valence-electron chi connectivity index (χ1n) is 10.9. The lowest BCUT2D eigenvalue weighted by Crippen LogP contribution is -2.37. The average Bonchev–Trinajstić information content (AvgIpc) is 3.34. The molecule has 3 aromatic carbocycles. The van der Waals surface area contributed by atoms with Crippen LogP contribution >= 0.6 is 0 Å². The third kappa shape index (κ3) is 4.34. The first-order valence-corrected chi connectivity index (χ1v) is 10.9. The van der Waals surface area contributed by atoms with Gasteiger partial charge in [0.15, 0.2) is 18.2 Å². The summed E-state index contributed by atoms with van der Waals surface area (Å²) in [4.78, 5) is 25.5. The van der Waals surface area contributed by atoms with Crippen molar-refractivity contribution >= 4 is 12.1 Å². The molecule has 1 atom stereocenters. The van der Waals surface area contributed by atoms with Gasteiger partial charge in [-0.3, -0.25) is 9.69 Å². The van der Waals surface area contributed by atoms with Crippen molar-refractivity contribution in [1.29, 1.82) is 0 Å². The molecule has 1 unspecified atom stereocenters. The van der Waals surface area contributed by atoms with E-state index in [4.69, 9.17) is 18.9 Å². The molecule has 8 nitrogen and oxygen atoms in total. The van der Waals surface area contributed by atoms with Gasteiger partial charge in [0.2, 0.25) is 6.79 Å². The molecule has 0 saturated heterocycles. The molecule has 34 heavy (non-hydrogen) atoms. The Bertz CT molecular complexity index is 1260. The summed E-state index contributed by atoms with van der Waals surface area (Å²) in [6.45, 7) is 2.39. The Morgan fingerprint density at radius 3 is 2.62 bits per heavy atom. The molecular weight excluding hydrogens is 438 g/mol. The predicted molar refractivity (Wildman–Crippen MR) is 122 cm³/mol. The van der Waals surface area contributed by atoms with Crippen LogP contribution in [0.2, 0.25) is 0 Å². The topological polar surface area (TPSA) is 94.5 Å². The second kappa shape index (κ2) is 8.97. The molecule has 0 aliphatic carbocycles. The molecule has 3 aromatic rings. The number of ether oxygens (including phenoxy) is 4. The summed E-state index contributed by atoms with van der Waals surface area (Å²) in [5, 5.41) is 9.32. The number of carbonyl (C=O) groups excluding carboxylic acids is 1. The van der Waals surface area contributed by atoms with E-state index in [1.807, 2.05) is 48.5 Å². The van der Waals surface area contributed by atoms with E-state index in [0.29, 0.717) is 23.8 Å². The Balaban J connectivity index is 1.27. The van der Waals surface area contributed by atoms with Gasteiger partial charge in [-0.25, -0.2) is 4.79 Å².